The van der Waals surface area contributed by atoms with Crippen LogP contribution in [-0.2, 0) is 11.3 Å². The molecule has 122 valence electrons. The molecular formula is C13H20N3O6+. The van der Waals surface area contributed by atoms with Crippen LogP contribution in [0.2, 0.25) is 0 Å². The van der Waals surface area contributed by atoms with Crippen LogP contribution in [0, 0.1) is 0 Å². The van der Waals surface area contributed by atoms with Gasteiger partial charge in [-0.1, -0.05) is 6.07 Å². The van der Waals surface area contributed by atoms with Gasteiger partial charge in [-0.05, 0) is 0 Å². The molecule has 0 saturated heterocycles. The van der Waals surface area contributed by atoms with Gasteiger partial charge >= 0.3 is 5.91 Å². The number of nitrogens with one attached hydrogen (secondary N) is 1. The first-order valence-corrected chi connectivity index (χ1v) is 6.55. The van der Waals surface area contributed by atoms with Crippen LogP contribution in [0.1, 0.15) is 0 Å². The summed E-state index contributed by atoms with van der Waals surface area (Å²) in [6.45, 7) is -0.754. The lowest BCUT2D eigenvalue weighted by Gasteiger charge is -2.23. The molecule has 0 radical (unpaired) electrons. The SMILES string of the molecule is O=C(C[n+]1ccccc1)N/N=C\[C@H](O)[C@@H](O)[C@H](O)[C@H](O)CO. The van der Waals surface area contributed by atoms with E-state index < -0.39 is 36.9 Å². The predicted molar refractivity (Wildman–Crippen MR) is 74.4 cm³/mol. The fraction of sp³-hybridized carbons (Fsp3) is 0.462. The van der Waals surface area contributed by atoms with Crippen molar-refractivity contribution in [2.24, 2.45) is 5.10 Å². The number of rotatable bonds is 8. The minimum Gasteiger partial charge on any atom is -0.394 e. The minimum absolute atomic E-state index is 0.0165. The third-order valence-corrected chi connectivity index (χ3v) is 2.80. The lowest BCUT2D eigenvalue weighted by Crippen LogP contribution is -2.46. The Morgan fingerprint density at radius 1 is 1.14 bits per heavy atom. The van der Waals surface area contributed by atoms with E-state index in [2.05, 4.69) is 10.5 Å². The number of hydrazone groups is 1. The van der Waals surface area contributed by atoms with E-state index in [0.717, 1.165) is 6.21 Å². The number of hydrogen-bond acceptors (Lipinski definition) is 7. The summed E-state index contributed by atoms with van der Waals surface area (Å²) >= 11 is 0. The van der Waals surface area contributed by atoms with E-state index in [1.807, 2.05) is 0 Å². The van der Waals surface area contributed by atoms with Gasteiger partial charge in [-0.15, -0.1) is 0 Å². The van der Waals surface area contributed by atoms with Gasteiger partial charge in [0, 0.05) is 12.1 Å². The Balaban J connectivity index is 2.42. The Morgan fingerprint density at radius 3 is 2.36 bits per heavy atom. The molecule has 9 heteroatoms. The average Bonchev–Trinajstić information content (AvgIpc) is 2.53. The van der Waals surface area contributed by atoms with Crippen molar-refractivity contribution in [1.82, 2.24) is 5.43 Å². The van der Waals surface area contributed by atoms with Crippen LogP contribution < -0.4 is 9.99 Å². The molecule has 22 heavy (non-hydrogen) atoms. The van der Waals surface area contributed by atoms with Crippen LogP contribution >= 0.6 is 0 Å². The molecule has 0 spiro atoms. The van der Waals surface area contributed by atoms with E-state index in [1.165, 1.54) is 0 Å². The van der Waals surface area contributed by atoms with Gasteiger partial charge in [0.1, 0.15) is 24.4 Å². The molecule has 0 fully saturated rings. The van der Waals surface area contributed by atoms with Crippen molar-refractivity contribution in [2.75, 3.05) is 6.61 Å². The van der Waals surface area contributed by atoms with Crippen molar-refractivity contribution in [2.45, 2.75) is 31.0 Å². The van der Waals surface area contributed by atoms with Gasteiger partial charge in [0.05, 0.1) is 12.8 Å². The first kappa shape index (κ1) is 18.1. The Morgan fingerprint density at radius 2 is 1.77 bits per heavy atom. The van der Waals surface area contributed by atoms with E-state index in [9.17, 15) is 20.1 Å². The van der Waals surface area contributed by atoms with E-state index in [1.54, 1.807) is 35.2 Å². The van der Waals surface area contributed by atoms with E-state index >= 15 is 0 Å². The Hall–Kier alpha value is -1.91. The van der Waals surface area contributed by atoms with Crippen LogP contribution in [0.15, 0.2) is 35.7 Å². The predicted octanol–water partition coefficient (Wildman–Crippen LogP) is -3.49. The van der Waals surface area contributed by atoms with Crippen molar-refractivity contribution in [1.29, 1.82) is 0 Å². The summed E-state index contributed by atoms with van der Waals surface area (Å²) in [5, 5.41) is 49.6. The highest BCUT2D eigenvalue weighted by molar-refractivity contribution is 5.75. The van der Waals surface area contributed by atoms with Crippen molar-refractivity contribution < 1.29 is 34.9 Å². The van der Waals surface area contributed by atoms with E-state index in [0.29, 0.717) is 0 Å². The maximum atomic E-state index is 11.5. The number of aliphatic hydroxyl groups excluding tert-OH is 5. The van der Waals surface area contributed by atoms with E-state index in [4.69, 9.17) is 10.2 Å². The van der Waals surface area contributed by atoms with E-state index in [-0.39, 0.29) is 6.54 Å². The van der Waals surface area contributed by atoms with Crippen molar-refractivity contribution in [3.63, 3.8) is 0 Å². The number of pyridine rings is 1. The highest BCUT2D eigenvalue weighted by atomic mass is 16.4. The molecule has 0 unspecified atom stereocenters. The number of aliphatic hydroxyl groups is 5. The van der Waals surface area contributed by atoms with Crippen LogP contribution in [0.3, 0.4) is 0 Å². The second-order valence-corrected chi connectivity index (χ2v) is 4.58. The van der Waals surface area contributed by atoms with Crippen LogP contribution in [0.5, 0.6) is 0 Å². The molecule has 6 N–H and O–H groups in total. The molecule has 1 aromatic heterocycles. The molecule has 0 saturated carbocycles. The minimum atomic E-state index is -1.76. The van der Waals surface area contributed by atoms with Crippen LogP contribution in [-0.4, -0.2) is 68.7 Å². The number of hydrogen-bond donors (Lipinski definition) is 6. The second kappa shape index (κ2) is 9.18. The standard InChI is InChI=1S/C13H19N3O6/c17-8-10(19)13(22)12(21)9(18)6-14-15-11(20)7-16-4-2-1-3-5-16/h1-6,9-10,12-13,17-19,21-22H,7-8H2/p+1/b14-6-/t9-,10+,12+,13+/m0/s1. The highest BCUT2D eigenvalue weighted by Crippen LogP contribution is 2.03. The molecule has 0 aliphatic heterocycles. The topological polar surface area (TPSA) is 146 Å². The van der Waals surface area contributed by atoms with Crippen LogP contribution in [0.25, 0.3) is 0 Å². The average molecular weight is 314 g/mol. The molecule has 1 aromatic rings. The van der Waals surface area contributed by atoms with Crippen molar-refractivity contribution in [3.8, 4) is 0 Å². The second-order valence-electron chi connectivity index (χ2n) is 4.58. The van der Waals surface area contributed by atoms with Crippen LogP contribution in [0.4, 0.5) is 0 Å². The van der Waals surface area contributed by atoms with Gasteiger partial charge in [0.2, 0.25) is 6.54 Å². The summed E-state index contributed by atoms with van der Waals surface area (Å²) in [4.78, 5) is 11.5. The quantitative estimate of drug-likeness (QED) is 0.167. The number of aromatic nitrogens is 1. The van der Waals surface area contributed by atoms with Crippen molar-refractivity contribution >= 4 is 12.1 Å². The van der Waals surface area contributed by atoms with Gasteiger partial charge in [0.25, 0.3) is 0 Å². The molecular weight excluding hydrogens is 294 g/mol. The summed E-state index contributed by atoms with van der Waals surface area (Å²) in [5.74, 6) is -0.454. The molecule has 4 atom stereocenters. The molecule has 0 aliphatic rings. The maximum absolute atomic E-state index is 11.5. The zero-order valence-electron chi connectivity index (χ0n) is 11.7. The lowest BCUT2D eigenvalue weighted by molar-refractivity contribution is -0.684. The molecule has 1 amide bonds. The lowest BCUT2D eigenvalue weighted by atomic mass is 10.0. The summed E-state index contributed by atoms with van der Waals surface area (Å²) in [6.07, 6.45) is -2.54. The number of carbonyl (C=O) groups is 1. The van der Waals surface area contributed by atoms with Gasteiger partial charge in [0.15, 0.2) is 12.4 Å². The van der Waals surface area contributed by atoms with Gasteiger partial charge in [-0.3, -0.25) is 4.79 Å². The summed E-state index contributed by atoms with van der Waals surface area (Å²) in [6, 6.07) is 5.31. The number of amides is 1. The monoisotopic (exact) mass is 314 g/mol. The Labute approximate surface area is 126 Å². The van der Waals surface area contributed by atoms with Crippen molar-refractivity contribution in [3.05, 3.63) is 30.6 Å². The third kappa shape index (κ3) is 5.84. The molecule has 1 heterocycles. The normalized spacial score (nSPS) is 17.0. The summed E-state index contributed by atoms with van der Waals surface area (Å²) < 4.78 is 1.61. The summed E-state index contributed by atoms with van der Waals surface area (Å²) in [5.41, 5.74) is 2.14. The third-order valence-electron chi connectivity index (χ3n) is 2.80. The molecule has 0 bridgehead atoms. The zero-order valence-corrected chi connectivity index (χ0v) is 11.7. The van der Waals surface area contributed by atoms with Gasteiger partial charge < -0.3 is 25.5 Å². The number of carbonyl (C=O) groups excluding carboxylic acids is 1. The summed E-state index contributed by atoms with van der Waals surface area (Å²) in [7, 11) is 0. The Kier molecular flexibility index (Phi) is 7.57. The smallest absolute Gasteiger partial charge is 0.305 e. The maximum Gasteiger partial charge on any atom is 0.305 e. The molecule has 9 nitrogen and oxygen atoms in total. The zero-order chi connectivity index (χ0) is 16.5. The molecule has 0 aromatic carbocycles. The molecule has 0 aliphatic carbocycles. The van der Waals surface area contributed by atoms with Gasteiger partial charge in [-0.25, -0.2) is 5.43 Å². The first-order valence-electron chi connectivity index (χ1n) is 6.55. The largest absolute Gasteiger partial charge is 0.394 e. The highest BCUT2D eigenvalue weighted by Gasteiger charge is 2.29. The Bertz CT molecular complexity index is 484. The fourth-order valence-electron chi connectivity index (χ4n) is 1.55. The first-order chi connectivity index (χ1) is 10.5. The fourth-order valence-corrected chi connectivity index (χ4v) is 1.55. The molecule has 1 rings (SSSR count). The van der Waals surface area contributed by atoms with Gasteiger partial charge in [-0.2, -0.15) is 9.67 Å². The number of nitrogens with zero attached hydrogens (tertiary/aromatic N) is 2.